The quantitative estimate of drug-likeness (QED) is 0.458. The van der Waals surface area contributed by atoms with Gasteiger partial charge < -0.3 is 14.5 Å². The van der Waals surface area contributed by atoms with Gasteiger partial charge in [-0.25, -0.2) is 9.78 Å². The Kier molecular flexibility index (Phi) is 5.88. The van der Waals surface area contributed by atoms with Crippen LogP contribution in [0.3, 0.4) is 0 Å². The smallest absolute Gasteiger partial charge is 0.333 e. The molecule has 4 aromatic rings. The van der Waals surface area contributed by atoms with Crippen molar-refractivity contribution in [1.82, 2.24) is 19.0 Å². The highest BCUT2D eigenvalue weighted by molar-refractivity contribution is 5.78. The number of benzene rings is 2. The lowest BCUT2D eigenvalue weighted by atomic mass is 10.1. The Bertz CT molecular complexity index is 1300. The van der Waals surface area contributed by atoms with E-state index in [2.05, 4.69) is 46.1 Å². The molecule has 1 aliphatic heterocycles. The summed E-state index contributed by atoms with van der Waals surface area (Å²) in [5, 5.41) is 0. The summed E-state index contributed by atoms with van der Waals surface area (Å²) in [4.78, 5) is 22.7. The molecule has 0 saturated carbocycles. The molecule has 5 rings (SSSR count). The molecule has 0 N–H and O–H groups in total. The topological polar surface area (TPSA) is 55.5 Å². The van der Waals surface area contributed by atoms with E-state index in [4.69, 9.17) is 4.74 Å². The first-order chi connectivity index (χ1) is 16.2. The number of likely N-dealkylation sites (N-methyl/N-ethyl adjacent to an activating group) is 1. The number of ether oxygens (including phenoxy) is 1. The molecular formula is C26H29N5O2. The lowest BCUT2D eigenvalue weighted by molar-refractivity contribution is 0.312. The molecule has 0 atom stereocenters. The van der Waals surface area contributed by atoms with Crippen LogP contribution in [0.2, 0.25) is 0 Å². The predicted molar refractivity (Wildman–Crippen MR) is 132 cm³/mol. The standard InChI is InChI=1S/C26H29N5O2/c1-28-15-17-29(18-16-28)22-8-4-3-7-20(22)13-14-30-23-9-5-6-10-24(23)31(26(30)32)21-11-12-25(33-2)27-19-21/h3-12,19H,13-18H2,1-2H3. The summed E-state index contributed by atoms with van der Waals surface area (Å²) in [5.74, 6) is 0.524. The first-order valence-electron chi connectivity index (χ1n) is 11.4. The highest BCUT2D eigenvalue weighted by atomic mass is 16.5. The van der Waals surface area contributed by atoms with Crippen molar-refractivity contribution < 1.29 is 4.74 Å². The van der Waals surface area contributed by atoms with Crippen molar-refractivity contribution in [2.24, 2.45) is 0 Å². The molecular weight excluding hydrogens is 414 g/mol. The van der Waals surface area contributed by atoms with Crippen LogP contribution in [0.15, 0.2) is 71.7 Å². The summed E-state index contributed by atoms with van der Waals surface area (Å²) in [6.45, 7) is 4.80. The fourth-order valence-electron chi connectivity index (χ4n) is 4.61. The van der Waals surface area contributed by atoms with Crippen LogP contribution in [0.5, 0.6) is 5.88 Å². The number of aromatic nitrogens is 3. The van der Waals surface area contributed by atoms with E-state index < -0.39 is 0 Å². The molecule has 0 aliphatic carbocycles. The predicted octanol–water partition coefficient (Wildman–Crippen LogP) is 3.19. The van der Waals surface area contributed by atoms with Crippen molar-refractivity contribution in [3.63, 3.8) is 0 Å². The molecule has 2 aromatic carbocycles. The van der Waals surface area contributed by atoms with Crippen molar-refractivity contribution in [1.29, 1.82) is 0 Å². The summed E-state index contributed by atoms with van der Waals surface area (Å²) in [6, 6.07) is 20.2. The largest absolute Gasteiger partial charge is 0.481 e. The van der Waals surface area contributed by atoms with E-state index in [0.717, 1.165) is 49.3 Å². The Morgan fingerprint density at radius 1 is 0.909 bits per heavy atom. The normalized spacial score (nSPS) is 14.7. The van der Waals surface area contributed by atoms with Gasteiger partial charge in [0.15, 0.2) is 0 Å². The van der Waals surface area contributed by atoms with Gasteiger partial charge in [-0.05, 0) is 43.3 Å². The van der Waals surface area contributed by atoms with E-state index >= 15 is 0 Å². The summed E-state index contributed by atoms with van der Waals surface area (Å²) < 4.78 is 8.78. The lowest BCUT2D eigenvalue weighted by Gasteiger charge is -2.35. The minimum absolute atomic E-state index is 0.0553. The zero-order valence-corrected chi connectivity index (χ0v) is 19.1. The molecule has 0 bridgehead atoms. The van der Waals surface area contributed by atoms with Crippen molar-refractivity contribution >= 4 is 16.7 Å². The average Bonchev–Trinajstić information content (AvgIpc) is 3.14. The van der Waals surface area contributed by atoms with Crippen LogP contribution in [0, 0.1) is 0 Å². The zero-order chi connectivity index (χ0) is 22.8. The highest BCUT2D eigenvalue weighted by Crippen LogP contribution is 2.24. The maximum atomic E-state index is 13.5. The van der Waals surface area contributed by atoms with E-state index in [1.165, 1.54) is 11.3 Å². The van der Waals surface area contributed by atoms with Gasteiger partial charge in [-0.2, -0.15) is 0 Å². The minimum Gasteiger partial charge on any atom is -0.481 e. The number of para-hydroxylation sites is 3. The Hall–Kier alpha value is -3.58. The van der Waals surface area contributed by atoms with Crippen LogP contribution in [0.25, 0.3) is 16.7 Å². The Balaban J connectivity index is 1.47. The van der Waals surface area contributed by atoms with E-state index in [1.54, 1.807) is 23.9 Å². The van der Waals surface area contributed by atoms with Crippen LogP contribution < -0.4 is 15.3 Å². The lowest BCUT2D eigenvalue weighted by Crippen LogP contribution is -2.44. The number of fused-ring (bicyclic) bond motifs is 1. The molecule has 0 unspecified atom stereocenters. The van der Waals surface area contributed by atoms with E-state index in [1.807, 2.05) is 34.9 Å². The second-order valence-electron chi connectivity index (χ2n) is 8.49. The van der Waals surface area contributed by atoms with E-state index in [-0.39, 0.29) is 5.69 Å². The number of hydrogen-bond donors (Lipinski definition) is 0. The van der Waals surface area contributed by atoms with E-state index in [9.17, 15) is 4.79 Å². The second-order valence-corrected chi connectivity index (χ2v) is 8.49. The number of imidazole rings is 1. The number of anilines is 1. The van der Waals surface area contributed by atoms with Crippen molar-refractivity contribution in [2.45, 2.75) is 13.0 Å². The van der Waals surface area contributed by atoms with Gasteiger partial charge in [0.25, 0.3) is 0 Å². The molecule has 2 aromatic heterocycles. The number of pyridine rings is 1. The van der Waals surface area contributed by atoms with Crippen molar-refractivity contribution in [3.8, 4) is 11.6 Å². The minimum atomic E-state index is -0.0553. The van der Waals surface area contributed by atoms with Gasteiger partial charge in [0.2, 0.25) is 5.88 Å². The van der Waals surface area contributed by atoms with Crippen LogP contribution in [-0.4, -0.2) is 59.4 Å². The summed E-state index contributed by atoms with van der Waals surface area (Å²) >= 11 is 0. The van der Waals surface area contributed by atoms with Crippen molar-refractivity contribution in [3.05, 3.63) is 82.9 Å². The molecule has 1 fully saturated rings. The van der Waals surface area contributed by atoms with Gasteiger partial charge in [0.1, 0.15) is 0 Å². The molecule has 1 saturated heterocycles. The molecule has 33 heavy (non-hydrogen) atoms. The number of rotatable bonds is 6. The van der Waals surface area contributed by atoms with Gasteiger partial charge in [-0.1, -0.05) is 30.3 Å². The molecule has 0 amide bonds. The van der Waals surface area contributed by atoms with E-state index in [0.29, 0.717) is 12.4 Å². The molecule has 1 aliphatic rings. The number of piperazine rings is 1. The van der Waals surface area contributed by atoms with Crippen LogP contribution in [-0.2, 0) is 13.0 Å². The first-order valence-corrected chi connectivity index (χ1v) is 11.4. The third-order valence-electron chi connectivity index (χ3n) is 6.46. The zero-order valence-electron chi connectivity index (χ0n) is 19.1. The first kappa shape index (κ1) is 21.3. The molecule has 7 heteroatoms. The Morgan fingerprint density at radius 3 is 2.36 bits per heavy atom. The van der Waals surface area contributed by atoms with Gasteiger partial charge in [-0.15, -0.1) is 0 Å². The fraction of sp³-hybridized carbons (Fsp3) is 0.308. The van der Waals surface area contributed by atoms with Crippen LogP contribution >= 0.6 is 0 Å². The number of hydrogen-bond acceptors (Lipinski definition) is 5. The molecule has 170 valence electrons. The average molecular weight is 444 g/mol. The number of aryl methyl sites for hydroxylation is 2. The van der Waals surface area contributed by atoms with Crippen LogP contribution in [0.4, 0.5) is 5.69 Å². The third kappa shape index (κ3) is 4.12. The maximum absolute atomic E-state index is 13.5. The third-order valence-corrected chi connectivity index (χ3v) is 6.46. The van der Waals surface area contributed by atoms with Gasteiger partial charge >= 0.3 is 5.69 Å². The van der Waals surface area contributed by atoms with Gasteiger partial charge in [0.05, 0.1) is 30.0 Å². The number of methoxy groups -OCH3 is 1. The summed E-state index contributed by atoms with van der Waals surface area (Å²) in [6.07, 6.45) is 2.47. The SMILES string of the molecule is COc1ccc(-n2c(=O)n(CCc3ccccc3N3CCN(C)CC3)c3ccccc32)cn1. The molecule has 0 radical (unpaired) electrons. The highest BCUT2D eigenvalue weighted by Gasteiger charge is 2.18. The molecule has 7 nitrogen and oxygen atoms in total. The Labute approximate surface area is 193 Å². The summed E-state index contributed by atoms with van der Waals surface area (Å²) in [5.41, 5.74) is 5.03. The monoisotopic (exact) mass is 443 g/mol. The second kappa shape index (κ2) is 9.11. The van der Waals surface area contributed by atoms with Crippen LogP contribution in [0.1, 0.15) is 5.56 Å². The molecule has 3 heterocycles. The molecule has 0 spiro atoms. The Morgan fingerprint density at radius 2 is 1.64 bits per heavy atom. The number of nitrogens with zero attached hydrogens (tertiary/aromatic N) is 5. The summed E-state index contributed by atoms with van der Waals surface area (Å²) in [7, 11) is 3.75. The maximum Gasteiger partial charge on any atom is 0.333 e. The van der Waals surface area contributed by atoms with Gasteiger partial charge in [-0.3, -0.25) is 9.13 Å². The van der Waals surface area contributed by atoms with Gasteiger partial charge in [0, 0.05) is 44.5 Å². The van der Waals surface area contributed by atoms with Crippen molar-refractivity contribution in [2.75, 3.05) is 45.2 Å². The fourth-order valence-corrected chi connectivity index (χ4v) is 4.61.